The molecule has 1 aromatic carbocycles. The van der Waals surface area contributed by atoms with Gasteiger partial charge in [-0.25, -0.2) is 4.98 Å². The fourth-order valence-electron chi connectivity index (χ4n) is 1.75. The van der Waals surface area contributed by atoms with E-state index in [0.717, 1.165) is 11.4 Å². The number of rotatable bonds is 4. The van der Waals surface area contributed by atoms with Crippen molar-refractivity contribution in [2.45, 2.75) is 26.4 Å². The van der Waals surface area contributed by atoms with Crippen molar-refractivity contribution in [3.63, 3.8) is 0 Å². The second kappa shape index (κ2) is 5.63. The number of imidazole rings is 1. The highest BCUT2D eigenvalue weighted by Gasteiger charge is 2.06. The molecule has 0 aliphatic rings. The summed E-state index contributed by atoms with van der Waals surface area (Å²) in [5.41, 5.74) is 1.99. The van der Waals surface area contributed by atoms with Gasteiger partial charge < -0.3 is 9.88 Å². The molecule has 3 nitrogen and oxygen atoms in total. The number of benzene rings is 1. The lowest BCUT2D eigenvalue weighted by molar-refractivity contribution is 0.577. The van der Waals surface area contributed by atoms with Gasteiger partial charge in [-0.15, -0.1) is 0 Å². The molecule has 2 aromatic rings. The minimum atomic E-state index is 0.394. The van der Waals surface area contributed by atoms with Crippen LogP contribution in [0.25, 0.3) is 0 Å². The van der Waals surface area contributed by atoms with E-state index in [4.69, 9.17) is 23.2 Å². The number of nitrogens with one attached hydrogen (secondary N) is 1. The zero-order valence-corrected chi connectivity index (χ0v) is 11.8. The molecule has 0 aliphatic heterocycles. The fraction of sp³-hybridized carbons (Fsp3) is 0.308. The molecule has 1 N–H and O–H groups in total. The smallest absolute Gasteiger partial charge is 0.0951 e. The first-order valence-corrected chi connectivity index (χ1v) is 6.53. The van der Waals surface area contributed by atoms with E-state index >= 15 is 0 Å². The van der Waals surface area contributed by atoms with Crippen molar-refractivity contribution < 1.29 is 0 Å². The van der Waals surface area contributed by atoms with E-state index in [0.29, 0.717) is 22.6 Å². The molecule has 0 saturated carbocycles. The van der Waals surface area contributed by atoms with E-state index in [1.54, 1.807) is 6.07 Å². The lowest BCUT2D eigenvalue weighted by Crippen LogP contribution is -2.08. The second-order valence-corrected chi connectivity index (χ2v) is 5.21. The van der Waals surface area contributed by atoms with Crippen LogP contribution in [0.3, 0.4) is 0 Å². The monoisotopic (exact) mass is 283 g/mol. The van der Waals surface area contributed by atoms with Crippen molar-refractivity contribution in [3.05, 3.63) is 46.5 Å². The molecule has 0 bridgehead atoms. The van der Waals surface area contributed by atoms with Gasteiger partial charge in [0.1, 0.15) is 0 Å². The predicted octanol–water partition coefficient (Wildman–Crippen LogP) is 4.38. The molecule has 18 heavy (non-hydrogen) atoms. The maximum Gasteiger partial charge on any atom is 0.0951 e. The summed E-state index contributed by atoms with van der Waals surface area (Å²) in [6.45, 7) is 4.93. The van der Waals surface area contributed by atoms with Crippen LogP contribution in [-0.2, 0) is 6.54 Å². The second-order valence-electron chi connectivity index (χ2n) is 4.36. The molecule has 5 heteroatoms. The molecular formula is C13H15Cl2N3. The number of hydrogen-bond donors (Lipinski definition) is 1. The van der Waals surface area contributed by atoms with Gasteiger partial charge in [0.05, 0.1) is 29.3 Å². The highest BCUT2D eigenvalue weighted by Crippen LogP contribution is 2.25. The Morgan fingerprint density at radius 3 is 2.78 bits per heavy atom. The van der Waals surface area contributed by atoms with E-state index in [-0.39, 0.29) is 0 Å². The average Bonchev–Trinajstić information content (AvgIpc) is 2.76. The number of anilines is 1. The predicted molar refractivity (Wildman–Crippen MR) is 76.4 cm³/mol. The molecule has 0 spiro atoms. The summed E-state index contributed by atoms with van der Waals surface area (Å²) in [7, 11) is 0. The van der Waals surface area contributed by atoms with Gasteiger partial charge in [0.2, 0.25) is 0 Å². The SMILES string of the molecule is CC(C)n1cncc1CNc1ccc(Cl)cc1Cl. The standard InChI is InChI=1S/C13H15Cl2N3/c1-9(2)18-8-16-6-11(18)7-17-13-4-3-10(14)5-12(13)15/h3-6,8-9,17H,7H2,1-2H3. The summed E-state index contributed by atoms with van der Waals surface area (Å²) >= 11 is 12.0. The number of nitrogens with zero attached hydrogens (tertiary/aromatic N) is 2. The molecule has 0 atom stereocenters. The van der Waals surface area contributed by atoms with Crippen LogP contribution in [0.5, 0.6) is 0 Å². The van der Waals surface area contributed by atoms with Gasteiger partial charge in [0.25, 0.3) is 0 Å². The molecule has 0 saturated heterocycles. The van der Waals surface area contributed by atoms with Crippen molar-refractivity contribution in [3.8, 4) is 0 Å². The van der Waals surface area contributed by atoms with Crippen LogP contribution in [0.2, 0.25) is 10.0 Å². The maximum absolute atomic E-state index is 6.10. The summed E-state index contributed by atoms with van der Waals surface area (Å²) in [5.74, 6) is 0. The third-order valence-corrected chi connectivity index (χ3v) is 3.24. The lowest BCUT2D eigenvalue weighted by atomic mass is 10.3. The van der Waals surface area contributed by atoms with Gasteiger partial charge >= 0.3 is 0 Å². The molecule has 0 radical (unpaired) electrons. The minimum Gasteiger partial charge on any atom is -0.378 e. The van der Waals surface area contributed by atoms with Crippen molar-refractivity contribution in [2.24, 2.45) is 0 Å². The van der Waals surface area contributed by atoms with Gasteiger partial charge in [-0.1, -0.05) is 23.2 Å². The Bertz CT molecular complexity index is 535. The van der Waals surface area contributed by atoms with Crippen molar-refractivity contribution in [1.82, 2.24) is 9.55 Å². The number of hydrogen-bond acceptors (Lipinski definition) is 2. The largest absolute Gasteiger partial charge is 0.378 e. The first-order valence-electron chi connectivity index (χ1n) is 5.77. The number of aromatic nitrogens is 2. The first kappa shape index (κ1) is 13.2. The zero-order valence-electron chi connectivity index (χ0n) is 10.3. The topological polar surface area (TPSA) is 29.9 Å². The minimum absolute atomic E-state index is 0.394. The molecule has 1 aromatic heterocycles. The van der Waals surface area contributed by atoms with E-state index in [9.17, 15) is 0 Å². The molecule has 0 unspecified atom stereocenters. The van der Waals surface area contributed by atoms with E-state index < -0.39 is 0 Å². The summed E-state index contributed by atoms with van der Waals surface area (Å²) in [6, 6.07) is 5.81. The Morgan fingerprint density at radius 2 is 2.11 bits per heavy atom. The van der Waals surface area contributed by atoms with Crippen LogP contribution in [-0.4, -0.2) is 9.55 Å². The third kappa shape index (κ3) is 2.98. The van der Waals surface area contributed by atoms with E-state index in [2.05, 4.69) is 28.7 Å². The molecule has 96 valence electrons. The van der Waals surface area contributed by atoms with Crippen LogP contribution in [0, 0.1) is 0 Å². The Balaban J connectivity index is 2.09. The van der Waals surface area contributed by atoms with E-state index in [1.165, 1.54) is 0 Å². The third-order valence-electron chi connectivity index (χ3n) is 2.69. The Hall–Kier alpha value is -1.19. The molecule has 0 aliphatic carbocycles. The highest BCUT2D eigenvalue weighted by atomic mass is 35.5. The molecular weight excluding hydrogens is 269 g/mol. The van der Waals surface area contributed by atoms with Gasteiger partial charge in [-0.2, -0.15) is 0 Å². The molecule has 1 heterocycles. The van der Waals surface area contributed by atoms with Gasteiger partial charge in [0.15, 0.2) is 0 Å². The Kier molecular flexibility index (Phi) is 4.15. The lowest BCUT2D eigenvalue weighted by Gasteiger charge is -2.13. The molecule has 2 rings (SSSR count). The highest BCUT2D eigenvalue weighted by molar-refractivity contribution is 6.36. The van der Waals surface area contributed by atoms with E-state index in [1.807, 2.05) is 24.7 Å². The number of halogens is 2. The Morgan fingerprint density at radius 1 is 1.33 bits per heavy atom. The van der Waals surface area contributed by atoms with Crippen LogP contribution >= 0.6 is 23.2 Å². The zero-order chi connectivity index (χ0) is 13.1. The maximum atomic E-state index is 6.10. The first-order chi connectivity index (χ1) is 8.58. The van der Waals surface area contributed by atoms with Crippen molar-refractivity contribution in [2.75, 3.05) is 5.32 Å². The fourth-order valence-corrected chi connectivity index (χ4v) is 2.23. The van der Waals surface area contributed by atoms with Crippen LogP contribution < -0.4 is 5.32 Å². The van der Waals surface area contributed by atoms with Crippen LogP contribution in [0.1, 0.15) is 25.6 Å². The normalized spacial score (nSPS) is 10.9. The summed E-state index contributed by atoms with van der Waals surface area (Å²) in [5, 5.41) is 4.55. The summed E-state index contributed by atoms with van der Waals surface area (Å²) < 4.78 is 2.12. The van der Waals surface area contributed by atoms with Crippen LogP contribution in [0.15, 0.2) is 30.7 Å². The Labute approximate surface area is 117 Å². The molecule has 0 fully saturated rings. The average molecular weight is 284 g/mol. The summed E-state index contributed by atoms with van der Waals surface area (Å²) in [6.07, 6.45) is 3.70. The summed E-state index contributed by atoms with van der Waals surface area (Å²) in [4.78, 5) is 4.16. The quantitative estimate of drug-likeness (QED) is 0.902. The molecule has 0 amide bonds. The van der Waals surface area contributed by atoms with Crippen LogP contribution in [0.4, 0.5) is 5.69 Å². The van der Waals surface area contributed by atoms with Gasteiger partial charge in [0, 0.05) is 17.3 Å². The van der Waals surface area contributed by atoms with Crippen molar-refractivity contribution >= 4 is 28.9 Å². The van der Waals surface area contributed by atoms with Gasteiger partial charge in [-0.05, 0) is 32.0 Å². The van der Waals surface area contributed by atoms with Crippen molar-refractivity contribution in [1.29, 1.82) is 0 Å². The van der Waals surface area contributed by atoms with Gasteiger partial charge in [-0.3, -0.25) is 0 Å².